The highest BCUT2D eigenvalue weighted by Crippen LogP contribution is 2.21. The third-order valence-corrected chi connectivity index (χ3v) is 2.76. The van der Waals surface area contributed by atoms with E-state index in [4.69, 9.17) is 16.3 Å². The minimum absolute atomic E-state index is 0.0757. The predicted molar refractivity (Wildman–Crippen MR) is 64.4 cm³/mol. The smallest absolute Gasteiger partial charge is 0.283 e. The van der Waals surface area contributed by atoms with Gasteiger partial charge in [-0.1, -0.05) is 11.6 Å². The number of ether oxygens (including phenoxy) is 1. The quantitative estimate of drug-likeness (QED) is 0.634. The van der Waals surface area contributed by atoms with Crippen molar-refractivity contribution < 1.29 is 9.66 Å². The maximum absolute atomic E-state index is 11.5. The average molecular weight is 286 g/mol. The van der Waals surface area contributed by atoms with Crippen molar-refractivity contribution in [2.24, 2.45) is 0 Å². The van der Waals surface area contributed by atoms with E-state index in [0.29, 0.717) is 0 Å². The van der Waals surface area contributed by atoms with Gasteiger partial charge in [0.05, 0.1) is 16.7 Å². The number of nitro benzene ring substituents is 1. The van der Waals surface area contributed by atoms with E-state index in [1.165, 1.54) is 24.3 Å². The zero-order valence-corrected chi connectivity index (χ0v) is 10.1. The molecular weight excluding hydrogens is 282 g/mol. The van der Waals surface area contributed by atoms with Gasteiger partial charge in [-0.15, -0.1) is 4.37 Å². The Balaban J connectivity index is 2.26. The van der Waals surface area contributed by atoms with E-state index in [1.807, 2.05) is 0 Å². The van der Waals surface area contributed by atoms with Crippen molar-refractivity contribution in [2.75, 3.05) is 0 Å². The molecule has 0 atom stereocenters. The first kappa shape index (κ1) is 12.4. The van der Waals surface area contributed by atoms with E-state index in [-0.39, 0.29) is 22.5 Å². The molecule has 0 fully saturated rings. The fourth-order valence-electron chi connectivity index (χ4n) is 1.08. The number of nitrogens with zero attached hydrogens (tertiary/aromatic N) is 3. The van der Waals surface area contributed by atoms with Crippen LogP contribution in [0.5, 0.6) is 11.6 Å². The van der Waals surface area contributed by atoms with Gasteiger partial charge in [-0.2, -0.15) is 4.37 Å². The molecule has 0 radical (unpaired) electrons. The highest BCUT2D eigenvalue weighted by Gasteiger charge is 2.10. The van der Waals surface area contributed by atoms with Crippen LogP contribution in [-0.4, -0.2) is 13.7 Å². The average Bonchev–Trinajstić information content (AvgIpc) is 2.36. The van der Waals surface area contributed by atoms with Gasteiger partial charge in [-0.3, -0.25) is 14.9 Å². The van der Waals surface area contributed by atoms with Crippen LogP contribution in [0.25, 0.3) is 0 Å². The fourth-order valence-corrected chi connectivity index (χ4v) is 1.64. The van der Waals surface area contributed by atoms with Gasteiger partial charge in [0.25, 0.3) is 17.0 Å². The van der Waals surface area contributed by atoms with Gasteiger partial charge >= 0.3 is 0 Å². The first-order valence-electron chi connectivity index (χ1n) is 4.52. The van der Waals surface area contributed by atoms with Gasteiger partial charge in [-0.25, -0.2) is 0 Å². The Morgan fingerprint density at radius 2 is 1.94 bits per heavy atom. The normalized spacial score (nSPS) is 10.1. The van der Waals surface area contributed by atoms with Crippen molar-refractivity contribution in [1.29, 1.82) is 0 Å². The van der Waals surface area contributed by atoms with E-state index in [9.17, 15) is 14.9 Å². The zero-order valence-electron chi connectivity index (χ0n) is 8.57. The number of halogens is 1. The monoisotopic (exact) mass is 285 g/mol. The van der Waals surface area contributed by atoms with Crippen LogP contribution in [0.2, 0.25) is 5.15 Å². The number of nitro groups is 1. The number of benzene rings is 1. The van der Waals surface area contributed by atoms with Gasteiger partial charge in [0.2, 0.25) is 0 Å². The van der Waals surface area contributed by atoms with E-state index >= 15 is 0 Å². The maximum Gasteiger partial charge on any atom is 0.283 e. The Morgan fingerprint density at radius 3 is 2.56 bits per heavy atom. The molecule has 0 unspecified atom stereocenters. The molecule has 0 spiro atoms. The van der Waals surface area contributed by atoms with Gasteiger partial charge in [0, 0.05) is 12.1 Å². The minimum Gasteiger partial charge on any atom is -0.435 e. The molecule has 1 aromatic carbocycles. The van der Waals surface area contributed by atoms with Gasteiger partial charge in [0.1, 0.15) is 5.75 Å². The predicted octanol–water partition coefficient (Wildman–Crippen LogP) is 2.25. The van der Waals surface area contributed by atoms with Crippen LogP contribution in [-0.2, 0) is 0 Å². The third-order valence-electron chi connectivity index (χ3n) is 1.89. The van der Waals surface area contributed by atoms with Gasteiger partial charge < -0.3 is 4.74 Å². The Bertz CT molecular complexity index is 643. The molecule has 0 aliphatic heterocycles. The van der Waals surface area contributed by atoms with E-state index in [2.05, 4.69) is 8.75 Å². The largest absolute Gasteiger partial charge is 0.435 e. The molecule has 0 aliphatic rings. The molecule has 0 amide bonds. The maximum atomic E-state index is 11.5. The second-order valence-electron chi connectivity index (χ2n) is 3.04. The van der Waals surface area contributed by atoms with Crippen LogP contribution in [0, 0.1) is 10.1 Å². The van der Waals surface area contributed by atoms with Crippen molar-refractivity contribution in [2.45, 2.75) is 0 Å². The number of non-ortho nitro benzene ring substituents is 1. The van der Waals surface area contributed by atoms with Crippen LogP contribution in [0.1, 0.15) is 0 Å². The molecule has 1 aromatic heterocycles. The minimum atomic E-state index is -0.631. The van der Waals surface area contributed by atoms with Crippen molar-refractivity contribution in [3.05, 3.63) is 49.8 Å². The summed E-state index contributed by atoms with van der Waals surface area (Å²) in [5.41, 5.74) is -0.706. The Labute approximate surface area is 109 Å². The molecule has 0 aliphatic carbocycles. The summed E-state index contributed by atoms with van der Waals surface area (Å²) in [4.78, 5) is 21.4. The lowest BCUT2D eigenvalue weighted by Crippen LogP contribution is -2.07. The standard InChI is InChI=1S/C9H4ClN3O4S/c10-8-7(14)9(12-18-11-8)17-6-3-1-5(2-4-6)13(15)16/h1-4H. The van der Waals surface area contributed by atoms with Gasteiger partial charge in [0.15, 0.2) is 5.15 Å². The highest BCUT2D eigenvalue weighted by atomic mass is 35.5. The lowest BCUT2D eigenvalue weighted by molar-refractivity contribution is -0.384. The molecule has 18 heavy (non-hydrogen) atoms. The molecule has 9 heteroatoms. The Morgan fingerprint density at radius 1 is 1.28 bits per heavy atom. The third kappa shape index (κ3) is 2.60. The number of aromatic nitrogens is 2. The summed E-state index contributed by atoms with van der Waals surface area (Å²) in [5, 5.41) is 10.2. The lowest BCUT2D eigenvalue weighted by atomic mass is 10.3. The second-order valence-corrected chi connectivity index (χ2v) is 3.93. The zero-order chi connectivity index (χ0) is 13.1. The summed E-state index contributed by atoms with van der Waals surface area (Å²) >= 11 is 6.26. The SMILES string of the molecule is O=c1c(Cl)nsnc1Oc1ccc([N+](=O)[O-])cc1. The van der Waals surface area contributed by atoms with Crippen LogP contribution in [0.3, 0.4) is 0 Å². The highest BCUT2D eigenvalue weighted by molar-refractivity contribution is 6.99. The molecule has 2 aromatic rings. The number of rotatable bonds is 3. The summed E-state index contributed by atoms with van der Waals surface area (Å²) in [6.45, 7) is 0. The number of hydrogen-bond acceptors (Lipinski definition) is 7. The molecule has 0 saturated carbocycles. The molecule has 7 nitrogen and oxygen atoms in total. The van der Waals surface area contributed by atoms with Crippen LogP contribution in [0.4, 0.5) is 5.69 Å². The van der Waals surface area contributed by atoms with Crippen molar-refractivity contribution >= 4 is 29.0 Å². The van der Waals surface area contributed by atoms with E-state index in [1.54, 1.807) is 0 Å². The van der Waals surface area contributed by atoms with Crippen molar-refractivity contribution in [3.63, 3.8) is 0 Å². The summed E-state index contributed by atoms with van der Waals surface area (Å²) in [6.07, 6.45) is 0. The molecule has 2 rings (SSSR count). The molecule has 0 saturated heterocycles. The van der Waals surface area contributed by atoms with Crippen LogP contribution < -0.4 is 10.2 Å². The molecule has 1 heterocycles. The molecular formula is C9H4ClN3O4S. The van der Waals surface area contributed by atoms with Crippen LogP contribution >= 0.6 is 23.3 Å². The van der Waals surface area contributed by atoms with E-state index < -0.39 is 10.4 Å². The topological polar surface area (TPSA) is 95.2 Å². The fraction of sp³-hybridized carbons (Fsp3) is 0. The first-order valence-corrected chi connectivity index (χ1v) is 5.63. The van der Waals surface area contributed by atoms with Gasteiger partial charge in [-0.05, 0) is 12.1 Å². The summed E-state index contributed by atoms with van der Waals surface area (Å²) in [6, 6.07) is 5.23. The summed E-state index contributed by atoms with van der Waals surface area (Å²) in [5.74, 6) is 0.0357. The summed E-state index contributed by atoms with van der Waals surface area (Å²) < 4.78 is 12.4. The Kier molecular flexibility index (Phi) is 3.49. The molecule has 0 N–H and O–H groups in total. The first-order chi connectivity index (χ1) is 8.58. The molecule has 0 bridgehead atoms. The molecule has 92 valence electrons. The van der Waals surface area contributed by atoms with E-state index in [0.717, 1.165) is 11.7 Å². The number of hydrogen-bond donors (Lipinski definition) is 0. The van der Waals surface area contributed by atoms with Crippen LogP contribution in [0.15, 0.2) is 29.1 Å². The summed E-state index contributed by atoms with van der Waals surface area (Å²) in [7, 11) is 0. The lowest BCUT2D eigenvalue weighted by Gasteiger charge is -2.02. The Hall–Kier alpha value is -2.06. The van der Waals surface area contributed by atoms with Crippen molar-refractivity contribution in [3.8, 4) is 11.6 Å². The van der Waals surface area contributed by atoms with Crippen molar-refractivity contribution in [1.82, 2.24) is 8.75 Å². The second kappa shape index (κ2) is 5.07.